The molecule has 1 heterocycles. The molecule has 1 amide bonds. The van der Waals surface area contributed by atoms with E-state index in [0.717, 1.165) is 30.3 Å². The molecule has 2 atom stereocenters. The van der Waals surface area contributed by atoms with Gasteiger partial charge in [-0.2, -0.15) is 26.3 Å². The van der Waals surface area contributed by atoms with Crippen LogP contribution in [0.5, 0.6) is 5.75 Å². The molecular weight excluding hydrogens is 659 g/mol. The third kappa shape index (κ3) is 7.25. The normalized spacial score (nSPS) is 19.7. The fraction of sp³-hybridized carbons (Fsp3) is 0.389. The molecule has 0 saturated carbocycles. The van der Waals surface area contributed by atoms with Crippen molar-refractivity contribution in [1.29, 1.82) is 0 Å². The summed E-state index contributed by atoms with van der Waals surface area (Å²) in [5, 5.41) is 9.25. The topological polar surface area (TPSA) is 76.1 Å². The van der Waals surface area contributed by atoms with Crippen LogP contribution in [0.2, 0.25) is 0 Å². The lowest BCUT2D eigenvalue weighted by Gasteiger charge is -2.36. The smallest absolute Gasteiger partial charge is 0.417 e. The molecular formula is C36H34F7NO5. The van der Waals surface area contributed by atoms with E-state index in [2.05, 4.69) is 0 Å². The van der Waals surface area contributed by atoms with Crippen LogP contribution in [0.4, 0.5) is 35.5 Å². The predicted octanol–water partition coefficient (Wildman–Crippen LogP) is 10.1. The Hall–Kier alpha value is -4.55. The molecule has 0 aromatic heterocycles. The zero-order chi connectivity index (χ0) is 36.2. The number of cyclic esters (lactones) is 1. The first-order chi connectivity index (χ1) is 22.7. The number of allylic oxidation sites excluding steroid dienone is 1. The van der Waals surface area contributed by atoms with Crippen LogP contribution in [0, 0.1) is 18.2 Å². The minimum absolute atomic E-state index is 0.0333. The first-order valence-corrected chi connectivity index (χ1v) is 15.4. The van der Waals surface area contributed by atoms with E-state index in [1.165, 1.54) is 31.1 Å². The number of alkyl halides is 6. The van der Waals surface area contributed by atoms with Crippen molar-refractivity contribution in [3.8, 4) is 16.9 Å². The van der Waals surface area contributed by atoms with Crippen molar-refractivity contribution >= 4 is 17.6 Å². The van der Waals surface area contributed by atoms with Crippen LogP contribution in [0.15, 0.2) is 54.1 Å². The fourth-order valence-electron chi connectivity index (χ4n) is 6.70. The Bertz CT molecular complexity index is 1840. The second-order valence-electron chi connectivity index (χ2n) is 13.3. The van der Waals surface area contributed by atoms with Crippen LogP contribution >= 0.6 is 0 Å². The lowest BCUT2D eigenvalue weighted by molar-refractivity contribution is -0.138. The largest absolute Gasteiger partial charge is 0.496 e. The summed E-state index contributed by atoms with van der Waals surface area (Å²) in [4.78, 5) is 26.0. The van der Waals surface area contributed by atoms with Crippen LogP contribution in [-0.4, -0.2) is 41.8 Å². The van der Waals surface area contributed by atoms with Gasteiger partial charge < -0.3 is 14.6 Å². The molecule has 1 aliphatic carbocycles. The Kier molecular flexibility index (Phi) is 9.28. The molecule has 262 valence electrons. The molecule has 13 heteroatoms. The minimum Gasteiger partial charge on any atom is -0.496 e. The Morgan fingerprint density at radius 1 is 1.00 bits per heavy atom. The van der Waals surface area contributed by atoms with Gasteiger partial charge >= 0.3 is 24.4 Å². The van der Waals surface area contributed by atoms with E-state index in [1.807, 2.05) is 13.8 Å². The standard InChI is InChI=1S/C36H34F7NO5/c1-18-10-21(12-23(11-18)35(38,39)40)31-19(2)44(33(47)49-31)17-22-16-34(3,4)9-8-24(22)27-14-26(28(36(41,42)43)15-30(27)48-5)25-7-6-20(32(45)46)13-29(25)37/h6-7,10-15,19,31H,8-9,16-17H2,1-5H3,(H,45,46)/t19-,31-/m0/s1. The Labute approximate surface area is 278 Å². The van der Waals surface area contributed by atoms with Crippen molar-refractivity contribution in [2.45, 2.75) is 71.5 Å². The highest BCUT2D eigenvalue weighted by molar-refractivity contribution is 5.89. The number of ether oxygens (including phenoxy) is 2. The van der Waals surface area contributed by atoms with Gasteiger partial charge in [-0.15, -0.1) is 0 Å². The van der Waals surface area contributed by atoms with Gasteiger partial charge in [0, 0.05) is 17.7 Å². The van der Waals surface area contributed by atoms with E-state index >= 15 is 4.39 Å². The number of nitrogens with zero attached hydrogens (tertiary/aromatic N) is 1. The summed E-state index contributed by atoms with van der Waals surface area (Å²) in [6.45, 7) is 7.13. The van der Waals surface area contributed by atoms with E-state index in [1.54, 1.807) is 6.92 Å². The summed E-state index contributed by atoms with van der Waals surface area (Å²) in [6.07, 6.45) is -9.94. The van der Waals surface area contributed by atoms with Gasteiger partial charge in [0.15, 0.2) is 0 Å². The second kappa shape index (κ2) is 12.7. The van der Waals surface area contributed by atoms with Gasteiger partial charge in [0.1, 0.15) is 17.7 Å². The molecule has 2 aliphatic rings. The highest BCUT2D eigenvalue weighted by Crippen LogP contribution is 2.49. The molecule has 3 aromatic carbocycles. The molecule has 49 heavy (non-hydrogen) atoms. The third-order valence-corrected chi connectivity index (χ3v) is 9.16. The Balaban J connectivity index is 1.62. The molecule has 0 bridgehead atoms. The summed E-state index contributed by atoms with van der Waals surface area (Å²) < 4.78 is 110. The molecule has 5 rings (SSSR count). The number of rotatable bonds is 7. The lowest BCUT2D eigenvalue weighted by atomic mass is 9.72. The number of halogens is 7. The number of aromatic carboxylic acids is 1. The Morgan fingerprint density at radius 3 is 2.29 bits per heavy atom. The monoisotopic (exact) mass is 693 g/mol. The number of carboxylic acids is 1. The highest BCUT2D eigenvalue weighted by Gasteiger charge is 2.43. The SMILES string of the molecule is COc1cc(C(F)(F)F)c(-c2ccc(C(=O)O)cc2F)cc1C1=C(CN2C(=O)O[C@H](c3cc(C)cc(C(F)(F)F)c3)[C@@H]2C)CC(C)(C)CC1. The molecule has 1 N–H and O–H groups in total. The van der Waals surface area contributed by atoms with Crippen LogP contribution < -0.4 is 4.74 Å². The fourth-order valence-corrected chi connectivity index (χ4v) is 6.70. The molecule has 0 spiro atoms. The van der Waals surface area contributed by atoms with Gasteiger partial charge in [0.2, 0.25) is 0 Å². The summed E-state index contributed by atoms with van der Waals surface area (Å²) in [7, 11) is 1.20. The predicted molar refractivity (Wildman–Crippen MR) is 166 cm³/mol. The van der Waals surface area contributed by atoms with Crippen molar-refractivity contribution in [3.05, 3.63) is 93.3 Å². The number of carboxylic acid groups (broad SMARTS) is 1. The summed E-state index contributed by atoms with van der Waals surface area (Å²) in [6, 6.07) is 7.37. The molecule has 6 nitrogen and oxygen atoms in total. The molecule has 1 saturated heterocycles. The van der Waals surface area contributed by atoms with E-state index < -0.39 is 70.2 Å². The van der Waals surface area contributed by atoms with Crippen molar-refractivity contribution in [1.82, 2.24) is 4.90 Å². The van der Waals surface area contributed by atoms with Crippen LogP contribution in [-0.2, 0) is 17.1 Å². The zero-order valence-electron chi connectivity index (χ0n) is 27.3. The minimum atomic E-state index is -4.93. The number of methoxy groups -OCH3 is 1. The van der Waals surface area contributed by atoms with Gasteiger partial charge in [-0.1, -0.05) is 31.5 Å². The quantitative estimate of drug-likeness (QED) is 0.249. The van der Waals surface area contributed by atoms with Gasteiger partial charge in [-0.25, -0.2) is 14.0 Å². The maximum absolute atomic E-state index is 15.3. The summed E-state index contributed by atoms with van der Waals surface area (Å²) >= 11 is 0. The van der Waals surface area contributed by atoms with Crippen LogP contribution in [0.1, 0.15) is 84.3 Å². The second-order valence-corrected chi connectivity index (χ2v) is 13.3. The van der Waals surface area contributed by atoms with Crippen molar-refractivity contribution < 1.29 is 54.9 Å². The van der Waals surface area contributed by atoms with Crippen molar-refractivity contribution in [2.75, 3.05) is 13.7 Å². The first kappa shape index (κ1) is 35.7. The molecule has 0 unspecified atom stereocenters. The number of amides is 1. The molecule has 1 fully saturated rings. The maximum atomic E-state index is 15.3. The number of carbonyl (C=O) groups is 2. The van der Waals surface area contributed by atoms with Gasteiger partial charge in [0.25, 0.3) is 0 Å². The number of hydrogen-bond donors (Lipinski definition) is 1. The number of carbonyl (C=O) groups excluding carboxylic acids is 1. The van der Waals surface area contributed by atoms with E-state index in [-0.39, 0.29) is 28.8 Å². The summed E-state index contributed by atoms with van der Waals surface area (Å²) in [5.74, 6) is -2.75. The lowest BCUT2D eigenvalue weighted by Crippen LogP contribution is -2.35. The number of hydrogen-bond acceptors (Lipinski definition) is 4. The zero-order valence-corrected chi connectivity index (χ0v) is 27.3. The molecule has 0 radical (unpaired) electrons. The number of aryl methyl sites for hydroxylation is 1. The van der Waals surface area contributed by atoms with Crippen molar-refractivity contribution in [3.63, 3.8) is 0 Å². The highest BCUT2D eigenvalue weighted by atomic mass is 19.4. The maximum Gasteiger partial charge on any atom is 0.417 e. The van der Waals surface area contributed by atoms with Gasteiger partial charge in [-0.3, -0.25) is 4.90 Å². The third-order valence-electron chi connectivity index (χ3n) is 9.16. The summed E-state index contributed by atoms with van der Waals surface area (Å²) in [5.41, 5.74) is -1.77. The van der Waals surface area contributed by atoms with Gasteiger partial charge in [0.05, 0.1) is 29.8 Å². The molecule has 1 aliphatic heterocycles. The first-order valence-electron chi connectivity index (χ1n) is 15.4. The van der Waals surface area contributed by atoms with Crippen LogP contribution in [0.3, 0.4) is 0 Å². The number of benzene rings is 3. The average molecular weight is 694 g/mol. The average Bonchev–Trinajstić information content (AvgIpc) is 3.27. The van der Waals surface area contributed by atoms with Crippen LogP contribution in [0.25, 0.3) is 16.7 Å². The molecule has 3 aromatic rings. The Morgan fingerprint density at radius 2 is 1.69 bits per heavy atom. The van der Waals surface area contributed by atoms with E-state index in [0.29, 0.717) is 42.0 Å². The van der Waals surface area contributed by atoms with E-state index in [9.17, 15) is 41.0 Å². The van der Waals surface area contributed by atoms with Gasteiger partial charge in [-0.05, 0) is 97.2 Å². The van der Waals surface area contributed by atoms with Crippen molar-refractivity contribution in [2.24, 2.45) is 5.41 Å². The van der Waals surface area contributed by atoms with E-state index in [4.69, 9.17) is 9.47 Å².